The zero-order valence-corrected chi connectivity index (χ0v) is 15.9. The van der Waals surface area contributed by atoms with Crippen molar-refractivity contribution in [2.75, 3.05) is 0 Å². The summed E-state index contributed by atoms with van der Waals surface area (Å²) in [5.41, 5.74) is 11.4. The predicted molar refractivity (Wildman–Crippen MR) is 108 cm³/mol. The first-order valence-electron chi connectivity index (χ1n) is 9.21. The number of hydrazine groups is 1. The molecule has 2 aliphatic rings. The molecule has 2 heterocycles. The lowest BCUT2D eigenvalue weighted by atomic mass is 9.88. The quantitative estimate of drug-likeness (QED) is 0.716. The van der Waals surface area contributed by atoms with Crippen LogP contribution in [0.25, 0.3) is 0 Å². The Morgan fingerprint density at radius 1 is 0.654 bits per heavy atom. The van der Waals surface area contributed by atoms with Gasteiger partial charge in [0.05, 0.1) is 11.1 Å². The van der Waals surface area contributed by atoms with Crippen LogP contribution in [0.2, 0.25) is 0 Å². The minimum atomic E-state index is -0.121. The smallest absolute Gasteiger partial charge is 0.147 e. The minimum Gasteiger partial charge on any atom is -0.283 e. The van der Waals surface area contributed by atoms with E-state index in [1.54, 1.807) is 0 Å². The Morgan fingerprint density at radius 3 is 1.46 bits per heavy atom. The molecule has 4 heteroatoms. The van der Waals surface area contributed by atoms with Crippen LogP contribution >= 0.6 is 0 Å². The van der Waals surface area contributed by atoms with Crippen molar-refractivity contribution in [2.24, 2.45) is 9.98 Å². The van der Waals surface area contributed by atoms with Crippen LogP contribution in [-0.4, -0.2) is 22.7 Å². The molecule has 2 aromatic carbocycles. The SMILES string of the molecule is CC1(C)Cc2ccccc2C(NNC2=NC(C)(C)Cc3ccccc32)=N1. The molecule has 2 aliphatic heterocycles. The number of benzene rings is 2. The highest BCUT2D eigenvalue weighted by Gasteiger charge is 2.29. The Bertz CT molecular complexity index is 830. The highest BCUT2D eigenvalue weighted by molar-refractivity contribution is 6.05. The van der Waals surface area contributed by atoms with Crippen molar-refractivity contribution in [2.45, 2.75) is 51.6 Å². The van der Waals surface area contributed by atoms with Crippen LogP contribution in [0.1, 0.15) is 49.9 Å². The maximum absolute atomic E-state index is 4.92. The van der Waals surface area contributed by atoms with Crippen molar-refractivity contribution < 1.29 is 0 Å². The summed E-state index contributed by atoms with van der Waals surface area (Å²) in [6.45, 7) is 8.67. The van der Waals surface area contributed by atoms with Gasteiger partial charge in [0.15, 0.2) is 0 Å². The average Bonchev–Trinajstić information content (AvgIpc) is 2.57. The molecule has 0 unspecified atom stereocenters. The number of amidine groups is 2. The minimum absolute atomic E-state index is 0.121. The molecule has 4 nitrogen and oxygen atoms in total. The second kappa shape index (κ2) is 5.97. The van der Waals surface area contributed by atoms with Crippen LogP contribution in [0.4, 0.5) is 0 Å². The van der Waals surface area contributed by atoms with E-state index in [0.29, 0.717) is 0 Å². The van der Waals surface area contributed by atoms with Crippen LogP contribution in [0, 0.1) is 0 Å². The van der Waals surface area contributed by atoms with Gasteiger partial charge in [0, 0.05) is 11.1 Å². The summed E-state index contributed by atoms with van der Waals surface area (Å²) >= 11 is 0. The number of nitrogens with zero attached hydrogens (tertiary/aromatic N) is 2. The number of rotatable bonds is 0. The summed E-state index contributed by atoms with van der Waals surface area (Å²) in [6.07, 6.45) is 1.90. The van der Waals surface area contributed by atoms with E-state index in [-0.39, 0.29) is 11.1 Å². The average molecular weight is 346 g/mol. The number of hydrogen-bond acceptors (Lipinski definition) is 4. The Kier molecular flexibility index (Phi) is 3.87. The van der Waals surface area contributed by atoms with Crippen LogP contribution in [0.3, 0.4) is 0 Å². The van der Waals surface area contributed by atoms with Crippen LogP contribution in [-0.2, 0) is 12.8 Å². The largest absolute Gasteiger partial charge is 0.283 e. The fourth-order valence-corrected chi connectivity index (χ4v) is 3.86. The maximum Gasteiger partial charge on any atom is 0.147 e. The van der Waals surface area contributed by atoms with Gasteiger partial charge in [0.1, 0.15) is 11.7 Å². The van der Waals surface area contributed by atoms with Gasteiger partial charge in [-0.1, -0.05) is 48.5 Å². The molecule has 0 spiro atoms. The third-order valence-corrected chi connectivity index (χ3v) is 4.92. The zero-order chi connectivity index (χ0) is 18.4. The summed E-state index contributed by atoms with van der Waals surface area (Å²) in [5.74, 6) is 1.75. The van der Waals surface area contributed by atoms with Gasteiger partial charge in [-0.05, 0) is 51.7 Å². The summed E-state index contributed by atoms with van der Waals surface area (Å²) in [6, 6.07) is 16.9. The molecular weight excluding hydrogens is 320 g/mol. The van der Waals surface area contributed by atoms with Gasteiger partial charge in [-0.3, -0.25) is 20.8 Å². The zero-order valence-electron chi connectivity index (χ0n) is 15.9. The highest BCUT2D eigenvalue weighted by atomic mass is 15.4. The molecule has 0 fully saturated rings. The number of fused-ring (bicyclic) bond motifs is 2. The van der Waals surface area contributed by atoms with Crippen molar-refractivity contribution in [1.29, 1.82) is 0 Å². The third-order valence-electron chi connectivity index (χ3n) is 4.92. The lowest BCUT2D eigenvalue weighted by Crippen LogP contribution is -2.48. The van der Waals surface area contributed by atoms with E-state index in [0.717, 1.165) is 35.6 Å². The summed E-state index contributed by atoms with van der Waals surface area (Å²) in [5, 5.41) is 0. The lowest BCUT2D eigenvalue weighted by Gasteiger charge is -2.32. The maximum atomic E-state index is 4.92. The molecule has 2 aromatic rings. The molecular formula is C22H26N4. The Morgan fingerprint density at radius 2 is 1.04 bits per heavy atom. The van der Waals surface area contributed by atoms with Gasteiger partial charge >= 0.3 is 0 Å². The van der Waals surface area contributed by atoms with Crippen molar-refractivity contribution in [3.63, 3.8) is 0 Å². The Labute approximate surface area is 155 Å². The third kappa shape index (κ3) is 3.24. The standard InChI is InChI=1S/C22H26N4/c1-21(2)13-15-9-5-7-11-17(15)19(23-21)25-26-20-18-12-8-6-10-16(18)14-22(3,4)24-20/h5-12H,13-14H2,1-4H3,(H,23,25)(H,24,26). The van der Waals surface area contributed by atoms with E-state index in [4.69, 9.17) is 9.98 Å². The number of nitrogens with one attached hydrogen (secondary N) is 2. The van der Waals surface area contributed by atoms with Crippen molar-refractivity contribution in [3.8, 4) is 0 Å². The molecule has 0 aliphatic carbocycles. The topological polar surface area (TPSA) is 48.8 Å². The van der Waals surface area contributed by atoms with E-state index in [1.165, 1.54) is 11.1 Å². The van der Waals surface area contributed by atoms with Crippen LogP contribution in [0.15, 0.2) is 58.5 Å². The lowest BCUT2D eigenvalue weighted by molar-refractivity contribution is 0.502. The van der Waals surface area contributed by atoms with Crippen LogP contribution in [0.5, 0.6) is 0 Å². The second-order valence-corrected chi connectivity index (χ2v) is 8.46. The van der Waals surface area contributed by atoms with Gasteiger partial charge in [0.25, 0.3) is 0 Å². The number of aliphatic imine (C=N–C) groups is 2. The van der Waals surface area contributed by atoms with Crippen molar-refractivity contribution in [1.82, 2.24) is 10.9 Å². The van der Waals surface area contributed by atoms with E-state index in [9.17, 15) is 0 Å². The first-order valence-corrected chi connectivity index (χ1v) is 9.21. The molecule has 0 radical (unpaired) electrons. The normalized spacial score (nSPS) is 19.5. The van der Waals surface area contributed by atoms with Gasteiger partial charge in [-0.2, -0.15) is 0 Å². The van der Waals surface area contributed by atoms with Crippen molar-refractivity contribution >= 4 is 11.7 Å². The molecule has 26 heavy (non-hydrogen) atoms. The van der Waals surface area contributed by atoms with Gasteiger partial charge in [0.2, 0.25) is 0 Å². The number of hydrogen-bond donors (Lipinski definition) is 2. The molecule has 134 valence electrons. The molecule has 0 aromatic heterocycles. The summed E-state index contributed by atoms with van der Waals surface area (Å²) in [7, 11) is 0. The first-order chi connectivity index (χ1) is 12.3. The van der Waals surface area contributed by atoms with E-state index >= 15 is 0 Å². The van der Waals surface area contributed by atoms with Gasteiger partial charge in [-0.25, -0.2) is 0 Å². The first kappa shape index (κ1) is 16.8. The van der Waals surface area contributed by atoms with Crippen LogP contribution < -0.4 is 10.9 Å². The molecule has 2 N–H and O–H groups in total. The summed E-state index contributed by atoms with van der Waals surface area (Å²) < 4.78 is 0. The monoisotopic (exact) mass is 346 g/mol. The van der Waals surface area contributed by atoms with Gasteiger partial charge in [-0.15, -0.1) is 0 Å². The Hall–Kier alpha value is -2.62. The predicted octanol–water partition coefficient (Wildman–Crippen LogP) is 3.64. The molecule has 4 rings (SSSR count). The fourth-order valence-electron chi connectivity index (χ4n) is 3.86. The highest BCUT2D eigenvalue weighted by Crippen LogP contribution is 2.27. The second-order valence-electron chi connectivity index (χ2n) is 8.46. The molecule has 0 bridgehead atoms. The molecule has 0 saturated carbocycles. The molecule has 0 amide bonds. The molecule has 0 saturated heterocycles. The Balaban J connectivity index is 1.64. The summed E-state index contributed by atoms with van der Waals surface area (Å²) in [4.78, 5) is 9.84. The fraction of sp³-hybridized carbons (Fsp3) is 0.364. The van der Waals surface area contributed by atoms with E-state index in [1.807, 2.05) is 0 Å². The van der Waals surface area contributed by atoms with Crippen molar-refractivity contribution in [3.05, 3.63) is 70.8 Å². The molecule has 0 atom stereocenters. The van der Waals surface area contributed by atoms with E-state index < -0.39 is 0 Å². The van der Waals surface area contributed by atoms with Gasteiger partial charge < -0.3 is 0 Å². The van der Waals surface area contributed by atoms with E-state index in [2.05, 4.69) is 87.1 Å².